The predicted octanol–water partition coefficient (Wildman–Crippen LogP) is 4.62. The van der Waals surface area contributed by atoms with Crippen LogP contribution in [0.4, 0.5) is 8.78 Å². The Morgan fingerprint density at radius 1 is 1.18 bits per heavy atom. The maximum atomic E-state index is 13.2. The van der Waals surface area contributed by atoms with E-state index in [1.54, 1.807) is 13.0 Å². The Morgan fingerprint density at radius 2 is 1.95 bits per heavy atom. The van der Waals surface area contributed by atoms with Crippen molar-refractivity contribution in [3.63, 3.8) is 0 Å². The van der Waals surface area contributed by atoms with Gasteiger partial charge in [0.25, 0.3) is 0 Å². The van der Waals surface area contributed by atoms with Gasteiger partial charge in [0, 0.05) is 10.5 Å². The largest absolute Gasteiger partial charge is 0.346 e. The Balaban J connectivity index is 2.00. The zero-order valence-electron chi connectivity index (χ0n) is 11.8. The van der Waals surface area contributed by atoms with Crippen molar-refractivity contribution >= 4 is 27.9 Å². The average Bonchev–Trinajstić information content (AvgIpc) is 2.48. The van der Waals surface area contributed by atoms with Crippen molar-refractivity contribution in [2.45, 2.75) is 13.0 Å². The van der Waals surface area contributed by atoms with Crippen LogP contribution in [0.15, 0.2) is 53.0 Å². The van der Waals surface area contributed by atoms with Crippen LogP contribution < -0.4 is 5.32 Å². The first-order valence-corrected chi connectivity index (χ1v) is 7.44. The third kappa shape index (κ3) is 4.49. The van der Waals surface area contributed by atoms with Crippen molar-refractivity contribution in [1.82, 2.24) is 5.32 Å². The van der Waals surface area contributed by atoms with Gasteiger partial charge in [-0.15, -0.1) is 0 Å². The smallest absolute Gasteiger partial charge is 0.244 e. The maximum Gasteiger partial charge on any atom is 0.244 e. The van der Waals surface area contributed by atoms with Crippen LogP contribution in [0.3, 0.4) is 0 Å². The zero-order valence-corrected chi connectivity index (χ0v) is 13.4. The van der Waals surface area contributed by atoms with E-state index in [0.29, 0.717) is 5.56 Å². The van der Waals surface area contributed by atoms with Crippen molar-refractivity contribution < 1.29 is 13.6 Å². The number of hydrogen-bond donors (Lipinski definition) is 1. The lowest BCUT2D eigenvalue weighted by molar-refractivity contribution is -0.117. The number of hydrogen-bond acceptors (Lipinski definition) is 1. The molecule has 5 heteroatoms. The molecule has 22 heavy (non-hydrogen) atoms. The summed E-state index contributed by atoms with van der Waals surface area (Å²) in [5.74, 6) is -2.14. The highest BCUT2D eigenvalue weighted by molar-refractivity contribution is 9.10. The molecule has 0 aromatic heterocycles. The molecule has 2 aromatic carbocycles. The number of carbonyl (C=O) groups is 1. The van der Waals surface area contributed by atoms with Crippen molar-refractivity contribution in [3.05, 3.63) is 75.8 Å². The van der Waals surface area contributed by atoms with E-state index in [0.717, 1.165) is 22.2 Å². The summed E-state index contributed by atoms with van der Waals surface area (Å²) in [4.78, 5) is 11.9. The summed E-state index contributed by atoms with van der Waals surface area (Å²) in [5, 5.41) is 2.70. The van der Waals surface area contributed by atoms with Crippen LogP contribution in [0.2, 0.25) is 0 Å². The van der Waals surface area contributed by atoms with Gasteiger partial charge in [-0.2, -0.15) is 0 Å². The normalized spacial score (nSPS) is 12.4. The number of rotatable bonds is 4. The second kappa shape index (κ2) is 7.31. The van der Waals surface area contributed by atoms with E-state index in [-0.39, 0.29) is 5.91 Å². The molecule has 2 rings (SSSR count). The standard InChI is InChI=1S/C17H14BrF2NO/c1-11(13-6-7-15(19)16(20)10-13)21-17(22)8-5-12-3-2-4-14(18)9-12/h2-11H,1H3,(H,21,22)/b8-5+. The lowest BCUT2D eigenvalue weighted by Gasteiger charge is -2.13. The second-order valence-corrected chi connectivity index (χ2v) is 5.71. The van der Waals surface area contributed by atoms with Crippen LogP contribution in [0.1, 0.15) is 24.1 Å². The Labute approximate surface area is 136 Å². The monoisotopic (exact) mass is 365 g/mol. The van der Waals surface area contributed by atoms with Crippen molar-refractivity contribution in [2.24, 2.45) is 0 Å². The first-order chi connectivity index (χ1) is 10.5. The predicted molar refractivity (Wildman–Crippen MR) is 86.1 cm³/mol. The first-order valence-electron chi connectivity index (χ1n) is 6.65. The van der Waals surface area contributed by atoms with Gasteiger partial charge in [0.15, 0.2) is 11.6 Å². The van der Waals surface area contributed by atoms with Crippen LogP contribution in [0.25, 0.3) is 6.08 Å². The summed E-state index contributed by atoms with van der Waals surface area (Å²) in [5.41, 5.74) is 1.38. The second-order valence-electron chi connectivity index (χ2n) is 4.79. The van der Waals surface area contributed by atoms with Crippen LogP contribution in [0.5, 0.6) is 0 Å². The first kappa shape index (κ1) is 16.4. The molecule has 0 spiro atoms. The fourth-order valence-corrected chi connectivity index (χ4v) is 2.33. The van der Waals surface area contributed by atoms with E-state index in [1.165, 1.54) is 12.1 Å². The molecule has 114 valence electrons. The molecule has 0 aliphatic rings. The molecule has 2 nitrogen and oxygen atoms in total. The summed E-state index contributed by atoms with van der Waals surface area (Å²) < 4.78 is 27.0. The fraction of sp³-hybridized carbons (Fsp3) is 0.118. The highest BCUT2D eigenvalue weighted by Gasteiger charge is 2.10. The molecule has 1 N–H and O–H groups in total. The molecule has 0 fully saturated rings. The number of amides is 1. The van der Waals surface area contributed by atoms with E-state index >= 15 is 0 Å². The van der Waals surface area contributed by atoms with Gasteiger partial charge in [-0.3, -0.25) is 4.79 Å². The number of carbonyl (C=O) groups excluding carboxylic acids is 1. The molecular formula is C17H14BrF2NO. The van der Waals surface area contributed by atoms with E-state index in [9.17, 15) is 13.6 Å². The molecule has 0 bridgehead atoms. The molecule has 2 aromatic rings. The SMILES string of the molecule is CC(NC(=O)/C=C/c1cccc(Br)c1)c1ccc(F)c(F)c1. The molecule has 0 saturated carbocycles. The minimum atomic E-state index is -0.928. The lowest BCUT2D eigenvalue weighted by atomic mass is 10.1. The van der Waals surface area contributed by atoms with Crippen LogP contribution >= 0.6 is 15.9 Å². The third-order valence-electron chi connectivity index (χ3n) is 3.08. The van der Waals surface area contributed by atoms with Gasteiger partial charge in [0.1, 0.15) is 0 Å². The van der Waals surface area contributed by atoms with Crippen LogP contribution in [-0.2, 0) is 4.79 Å². The lowest BCUT2D eigenvalue weighted by Crippen LogP contribution is -2.24. The van der Waals surface area contributed by atoms with Crippen LogP contribution in [0, 0.1) is 11.6 Å². The summed E-state index contributed by atoms with van der Waals surface area (Å²) in [6.07, 6.45) is 3.08. The summed E-state index contributed by atoms with van der Waals surface area (Å²) >= 11 is 3.35. The topological polar surface area (TPSA) is 29.1 Å². The summed E-state index contributed by atoms with van der Waals surface area (Å²) in [6, 6.07) is 10.7. The van der Waals surface area contributed by atoms with Gasteiger partial charge in [0.2, 0.25) is 5.91 Å². The third-order valence-corrected chi connectivity index (χ3v) is 3.57. The highest BCUT2D eigenvalue weighted by atomic mass is 79.9. The number of benzene rings is 2. The molecule has 0 radical (unpaired) electrons. The highest BCUT2D eigenvalue weighted by Crippen LogP contribution is 2.16. The Morgan fingerprint density at radius 3 is 2.64 bits per heavy atom. The van der Waals surface area contributed by atoms with Gasteiger partial charge in [0.05, 0.1) is 6.04 Å². The molecule has 0 saturated heterocycles. The maximum absolute atomic E-state index is 13.2. The van der Waals surface area contributed by atoms with E-state index < -0.39 is 17.7 Å². The van der Waals surface area contributed by atoms with Gasteiger partial charge >= 0.3 is 0 Å². The van der Waals surface area contributed by atoms with Crippen molar-refractivity contribution in [1.29, 1.82) is 0 Å². The number of halogens is 3. The fourth-order valence-electron chi connectivity index (χ4n) is 1.91. The van der Waals surface area contributed by atoms with Crippen LogP contribution in [-0.4, -0.2) is 5.91 Å². The van der Waals surface area contributed by atoms with Gasteiger partial charge in [-0.25, -0.2) is 8.78 Å². The molecule has 0 aliphatic heterocycles. The van der Waals surface area contributed by atoms with Gasteiger partial charge in [-0.05, 0) is 48.4 Å². The Kier molecular flexibility index (Phi) is 5.44. The van der Waals surface area contributed by atoms with E-state index in [4.69, 9.17) is 0 Å². The molecular weight excluding hydrogens is 352 g/mol. The average molecular weight is 366 g/mol. The summed E-state index contributed by atoms with van der Waals surface area (Å²) in [6.45, 7) is 1.71. The minimum absolute atomic E-state index is 0.308. The quantitative estimate of drug-likeness (QED) is 0.787. The molecule has 1 atom stereocenters. The van der Waals surface area contributed by atoms with E-state index in [1.807, 2.05) is 24.3 Å². The molecule has 1 amide bonds. The molecule has 0 heterocycles. The Bertz CT molecular complexity index is 716. The Hall–Kier alpha value is -2.01. The number of nitrogens with one attached hydrogen (secondary N) is 1. The van der Waals surface area contributed by atoms with Gasteiger partial charge in [-0.1, -0.05) is 34.1 Å². The minimum Gasteiger partial charge on any atom is -0.346 e. The summed E-state index contributed by atoms with van der Waals surface area (Å²) in [7, 11) is 0. The van der Waals surface area contributed by atoms with Crippen molar-refractivity contribution in [3.8, 4) is 0 Å². The molecule has 1 unspecified atom stereocenters. The van der Waals surface area contributed by atoms with E-state index in [2.05, 4.69) is 21.2 Å². The zero-order chi connectivity index (χ0) is 16.1. The van der Waals surface area contributed by atoms with Gasteiger partial charge < -0.3 is 5.32 Å². The van der Waals surface area contributed by atoms with Crippen molar-refractivity contribution in [2.75, 3.05) is 0 Å². The molecule has 0 aliphatic carbocycles.